The van der Waals surface area contributed by atoms with Crippen LogP contribution in [0.3, 0.4) is 0 Å². The molecule has 0 fully saturated rings. The van der Waals surface area contributed by atoms with E-state index < -0.39 is 0 Å². The molecule has 3 rings (SSSR count). The predicted octanol–water partition coefficient (Wildman–Crippen LogP) is 1.46. The van der Waals surface area contributed by atoms with Crippen LogP contribution in [0.15, 0.2) is 30.9 Å². The summed E-state index contributed by atoms with van der Waals surface area (Å²) < 4.78 is 1.66. The number of carbonyl (C=O) groups is 1. The van der Waals surface area contributed by atoms with Crippen LogP contribution in [0.25, 0.3) is 11.0 Å². The maximum Gasteiger partial charge on any atom is 0.224 e. The van der Waals surface area contributed by atoms with Gasteiger partial charge < -0.3 is 10.3 Å². The molecular formula is C16H20N6O. The molecule has 0 radical (unpaired) electrons. The number of hydrogen-bond acceptors (Lipinski definition) is 4. The second-order valence-corrected chi connectivity index (χ2v) is 5.76. The van der Waals surface area contributed by atoms with Crippen molar-refractivity contribution in [3.05, 3.63) is 42.2 Å². The number of nitrogens with one attached hydrogen (secondary N) is 2. The standard InChI is InChI=1S/C16H20N6O/c1-11-3-4-13-14(7-11)21-15(20-13)5-6-18-16(23)12(2)8-22-10-17-9-19-22/h3-4,7,9-10,12H,5-6,8H2,1-2H3,(H,18,23)(H,20,21)/t12-/m1/s1. The van der Waals surface area contributed by atoms with Gasteiger partial charge in [-0.05, 0) is 24.6 Å². The molecule has 1 aromatic carbocycles. The summed E-state index contributed by atoms with van der Waals surface area (Å²) in [6, 6.07) is 6.12. The molecule has 0 bridgehead atoms. The average molecular weight is 312 g/mol. The number of aryl methyl sites for hydroxylation is 1. The minimum absolute atomic E-state index is 0.00690. The smallest absolute Gasteiger partial charge is 0.224 e. The monoisotopic (exact) mass is 312 g/mol. The molecule has 1 atom stereocenters. The molecule has 23 heavy (non-hydrogen) atoms. The lowest BCUT2D eigenvalue weighted by atomic mass is 10.1. The maximum absolute atomic E-state index is 12.1. The number of amides is 1. The molecule has 2 heterocycles. The van der Waals surface area contributed by atoms with Crippen molar-refractivity contribution in [3.63, 3.8) is 0 Å². The van der Waals surface area contributed by atoms with E-state index >= 15 is 0 Å². The largest absolute Gasteiger partial charge is 0.355 e. The summed E-state index contributed by atoms with van der Waals surface area (Å²) in [4.78, 5) is 23.8. The molecule has 1 amide bonds. The normalized spacial score (nSPS) is 12.4. The third kappa shape index (κ3) is 3.74. The van der Waals surface area contributed by atoms with Crippen molar-refractivity contribution in [2.24, 2.45) is 5.92 Å². The van der Waals surface area contributed by atoms with Gasteiger partial charge in [0, 0.05) is 13.0 Å². The summed E-state index contributed by atoms with van der Waals surface area (Å²) >= 11 is 0. The van der Waals surface area contributed by atoms with Gasteiger partial charge in [-0.15, -0.1) is 0 Å². The van der Waals surface area contributed by atoms with Gasteiger partial charge in [0.25, 0.3) is 0 Å². The highest BCUT2D eigenvalue weighted by molar-refractivity contribution is 5.78. The first-order valence-electron chi connectivity index (χ1n) is 7.67. The molecule has 0 saturated heterocycles. The van der Waals surface area contributed by atoms with E-state index in [1.165, 1.54) is 11.9 Å². The zero-order valence-electron chi connectivity index (χ0n) is 13.3. The van der Waals surface area contributed by atoms with E-state index in [1.54, 1.807) is 11.0 Å². The number of rotatable bonds is 6. The number of aromatic amines is 1. The van der Waals surface area contributed by atoms with Crippen LogP contribution in [-0.2, 0) is 17.8 Å². The number of benzene rings is 1. The molecule has 0 saturated carbocycles. The van der Waals surface area contributed by atoms with E-state index in [9.17, 15) is 4.79 Å². The summed E-state index contributed by atoms with van der Waals surface area (Å²) in [5, 5.41) is 6.95. The second kappa shape index (κ2) is 6.60. The Morgan fingerprint density at radius 3 is 3.09 bits per heavy atom. The Bertz CT molecular complexity index is 792. The minimum atomic E-state index is -0.157. The van der Waals surface area contributed by atoms with Gasteiger partial charge in [-0.1, -0.05) is 13.0 Å². The van der Waals surface area contributed by atoms with E-state index in [0.717, 1.165) is 16.9 Å². The zero-order valence-corrected chi connectivity index (χ0v) is 13.3. The van der Waals surface area contributed by atoms with Crippen molar-refractivity contribution in [2.45, 2.75) is 26.8 Å². The van der Waals surface area contributed by atoms with Gasteiger partial charge in [-0.2, -0.15) is 5.10 Å². The van der Waals surface area contributed by atoms with Crippen LogP contribution in [0.1, 0.15) is 18.3 Å². The Kier molecular flexibility index (Phi) is 4.36. The van der Waals surface area contributed by atoms with Crippen LogP contribution < -0.4 is 5.32 Å². The number of carbonyl (C=O) groups excluding carboxylic acids is 1. The minimum Gasteiger partial charge on any atom is -0.355 e. The Labute approximate surface area is 134 Å². The van der Waals surface area contributed by atoms with Crippen LogP contribution in [0.4, 0.5) is 0 Å². The van der Waals surface area contributed by atoms with Gasteiger partial charge in [-0.25, -0.2) is 9.97 Å². The lowest BCUT2D eigenvalue weighted by Crippen LogP contribution is -2.33. The average Bonchev–Trinajstić information content (AvgIpc) is 3.15. The van der Waals surface area contributed by atoms with Crippen LogP contribution in [0.2, 0.25) is 0 Å². The molecule has 0 spiro atoms. The molecule has 0 unspecified atom stereocenters. The van der Waals surface area contributed by atoms with Crippen molar-refractivity contribution >= 4 is 16.9 Å². The van der Waals surface area contributed by atoms with Crippen LogP contribution in [0.5, 0.6) is 0 Å². The van der Waals surface area contributed by atoms with Gasteiger partial charge >= 0.3 is 0 Å². The van der Waals surface area contributed by atoms with Crippen molar-refractivity contribution in [3.8, 4) is 0 Å². The topological polar surface area (TPSA) is 88.5 Å². The first kappa shape index (κ1) is 15.2. The Balaban J connectivity index is 1.50. The number of H-pyrrole nitrogens is 1. The van der Waals surface area contributed by atoms with E-state index in [0.29, 0.717) is 19.5 Å². The first-order chi connectivity index (χ1) is 11.1. The molecule has 0 aliphatic rings. The number of fused-ring (bicyclic) bond motifs is 1. The fourth-order valence-corrected chi connectivity index (χ4v) is 2.46. The second-order valence-electron chi connectivity index (χ2n) is 5.76. The summed E-state index contributed by atoms with van der Waals surface area (Å²) in [5.41, 5.74) is 3.19. The third-order valence-electron chi connectivity index (χ3n) is 3.72. The summed E-state index contributed by atoms with van der Waals surface area (Å²) in [5.74, 6) is 0.734. The van der Waals surface area contributed by atoms with Gasteiger partial charge in [0.1, 0.15) is 18.5 Å². The summed E-state index contributed by atoms with van der Waals surface area (Å²) in [6.45, 7) is 5.01. The SMILES string of the molecule is Cc1ccc2nc(CCNC(=O)[C@H](C)Cn3cncn3)[nH]c2c1. The number of nitrogens with zero attached hydrogens (tertiary/aromatic N) is 4. The third-order valence-corrected chi connectivity index (χ3v) is 3.72. The highest BCUT2D eigenvalue weighted by Gasteiger charge is 2.13. The molecule has 3 aromatic rings. The molecule has 7 nitrogen and oxygen atoms in total. The molecule has 120 valence electrons. The Hall–Kier alpha value is -2.70. The maximum atomic E-state index is 12.1. The molecular weight excluding hydrogens is 292 g/mol. The van der Waals surface area contributed by atoms with Gasteiger partial charge in [0.15, 0.2) is 0 Å². The number of hydrogen-bond donors (Lipinski definition) is 2. The zero-order chi connectivity index (χ0) is 16.2. The highest BCUT2D eigenvalue weighted by Crippen LogP contribution is 2.13. The number of aromatic nitrogens is 5. The van der Waals surface area contributed by atoms with Crippen molar-refractivity contribution in [1.82, 2.24) is 30.0 Å². The van der Waals surface area contributed by atoms with E-state index in [1.807, 2.05) is 19.1 Å². The fraction of sp³-hybridized carbons (Fsp3) is 0.375. The van der Waals surface area contributed by atoms with Crippen LogP contribution in [0, 0.1) is 12.8 Å². The van der Waals surface area contributed by atoms with E-state index in [4.69, 9.17) is 0 Å². The summed E-state index contributed by atoms with van der Waals surface area (Å²) in [6.07, 6.45) is 3.75. The Morgan fingerprint density at radius 2 is 2.30 bits per heavy atom. The molecule has 2 N–H and O–H groups in total. The molecule has 0 aliphatic carbocycles. The molecule has 2 aromatic heterocycles. The van der Waals surface area contributed by atoms with Crippen molar-refractivity contribution < 1.29 is 4.79 Å². The fourth-order valence-electron chi connectivity index (χ4n) is 2.46. The highest BCUT2D eigenvalue weighted by atomic mass is 16.1. The van der Waals surface area contributed by atoms with Gasteiger partial charge in [-0.3, -0.25) is 9.48 Å². The van der Waals surface area contributed by atoms with Crippen molar-refractivity contribution in [1.29, 1.82) is 0 Å². The first-order valence-corrected chi connectivity index (χ1v) is 7.67. The summed E-state index contributed by atoms with van der Waals surface area (Å²) in [7, 11) is 0. The lowest BCUT2D eigenvalue weighted by Gasteiger charge is -2.11. The van der Waals surface area contributed by atoms with Crippen molar-refractivity contribution in [2.75, 3.05) is 6.54 Å². The lowest BCUT2D eigenvalue weighted by molar-refractivity contribution is -0.124. The molecule has 7 heteroatoms. The van der Waals surface area contributed by atoms with E-state index in [2.05, 4.69) is 38.4 Å². The quantitative estimate of drug-likeness (QED) is 0.721. The van der Waals surface area contributed by atoms with Crippen LogP contribution >= 0.6 is 0 Å². The van der Waals surface area contributed by atoms with Crippen LogP contribution in [-0.4, -0.2) is 37.2 Å². The number of imidazole rings is 1. The van der Waals surface area contributed by atoms with Gasteiger partial charge in [0.2, 0.25) is 5.91 Å². The predicted molar refractivity (Wildman–Crippen MR) is 86.7 cm³/mol. The van der Waals surface area contributed by atoms with E-state index in [-0.39, 0.29) is 11.8 Å². The molecule has 0 aliphatic heterocycles. The van der Waals surface area contributed by atoms with Gasteiger partial charge in [0.05, 0.1) is 23.5 Å². The Morgan fingerprint density at radius 1 is 1.43 bits per heavy atom.